The molecule has 1 atom stereocenters. The third-order valence-electron chi connectivity index (χ3n) is 11.7. The number of hydrogen-bond acceptors (Lipinski definition) is 5. The van der Waals surface area contributed by atoms with E-state index in [0.717, 1.165) is 109 Å². The van der Waals surface area contributed by atoms with Gasteiger partial charge >= 0.3 is 11.9 Å². The molecule has 0 radical (unpaired) electrons. The normalized spacial score (nSPS) is 13.2. The number of ether oxygens (including phenoxy) is 3. The van der Waals surface area contributed by atoms with Crippen molar-refractivity contribution in [2.45, 2.75) is 245 Å². The largest absolute Gasteiger partial charge is 0.462 e. The Morgan fingerprint density at radius 2 is 0.657 bits per heavy atom. The van der Waals surface area contributed by atoms with Gasteiger partial charge in [0, 0.05) is 19.4 Å². The number of rotatable bonds is 51. The van der Waals surface area contributed by atoms with Gasteiger partial charge in [0.05, 0.1) is 6.61 Å². The van der Waals surface area contributed by atoms with Crippen molar-refractivity contribution in [3.8, 4) is 0 Å². The predicted molar refractivity (Wildman–Crippen MR) is 306 cm³/mol. The summed E-state index contributed by atoms with van der Waals surface area (Å²) in [5.74, 6) is -0.497. The molecule has 70 heavy (non-hydrogen) atoms. The first-order valence-electron chi connectivity index (χ1n) is 28.7. The predicted octanol–water partition coefficient (Wildman–Crippen LogP) is 19.9. The Morgan fingerprint density at radius 3 is 1.09 bits per heavy atom. The standard InChI is InChI=1S/C65H106O5/c1-4-7-10-13-16-19-22-25-28-31-33-35-37-40-43-46-49-52-55-58-64(66)69-62-63(61-68-60-57-54-51-48-45-42-39-36-32-29-26-23-20-17-14-11-8-5-2)70-65(67)59-56-53-50-47-44-41-38-34-30-27-24-21-18-15-12-9-6-3/h8-9,11-12,17-18,20-21,25-30,36,38-39,41,45,47-48,50,63H,4-7,10,13-16,19,22-24,31-35,37,40,42-44,46,49,51-62H2,1-3H3/b11-8-,12-9-,20-17-,21-18-,28-25-,29-26-,30-27-,39-36-,41-38-,48-45-,50-47-. The summed E-state index contributed by atoms with van der Waals surface area (Å²) in [5.41, 5.74) is 0. The molecule has 0 heterocycles. The van der Waals surface area contributed by atoms with E-state index in [2.05, 4.69) is 154 Å². The Morgan fingerprint density at radius 1 is 0.329 bits per heavy atom. The average Bonchev–Trinajstić information content (AvgIpc) is 3.36. The van der Waals surface area contributed by atoms with E-state index in [9.17, 15) is 9.59 Å². The van der Waals surface area contributed by atoms with Crippen LogP contribution in [0.1, 0.15) is 239 Å². The molecular weight excluding hydrogens is 861 g/mol. The van der Waals surface area contributed by atoms with Gasteiger partial charge in [-0.2, -0.15) is 0 Å². The van der Waals surface area contributed by atoms with Gasteiger partial charge in [-0.25, -0.2) is 0 Å². The summed E-state index contributed by atoms with van der Waals surface area (Å²) in [7, 11) is 0. The average molecular weight is 968 g/mol. The fourth-order valence-corrected chi connectivity index (χ4v) is 7.45. The van der Waals surface area contributed by atoms with Crippen LogP contribution in [0.25, 0.3) is 0 Å². The topological polar surface area (TPSA) is 61.8 Å². The highest BCUT2D eigenvalue weighted by Gasteiger charge is 2.17. The molecule has 5 nitrogen and oxygen atoms in total. The van der Waals surface area contributed by atoms with Crippen molar-refractivity contribution >= 4 is 11.9 Å². The zero-order valence-corrected chi connectivity index (χ0v) is 45.5. The highest BCUT2D eigenvalue weighted by Crippen LogP contribution is 2.14. The number of esters is 2. The second-order valence-corrected chi connectivity index (χ2v) is 18.4. The summed E-state index contributed by atoms with van der Waals surface area (Å²) in [5, 5.41) is 0. The van der Waals surface area contributed by atoms with Crippen LogP contribution in [0.3, 0.4) is 0 Å². The first-order chi connectivity index (χ1) is 34.6. The molecule has 1 unspecified atom stereocenters. The summed E-state index contributed by atoms with van der Waals surface area (Å²) in [6, 6.07) is 0. The van der Waals surface area contributed by atoms with E-state index < -0.39 is 6.10 Å². The molecular formula is C65H106O5. The maximum absolute atomic E-state index is 12.8. The molecule has 0 bridgehead atoms. The summed E-state index contributed by atoms with van der Waals surface area (Å²) in [4.78, 5) is 25.5. The molecule has 0 amide bonds. The van der Waals surface area contributed by atoms with Gasteiger partial charge in [-0.15, -0.1) is 0 Å². The molecule has 0 saturated heterocycles. The highest BCUT2D eigenvalue weighted by molar-refractivity contribution is 5.70. The monoisotopic (exact) mass is 967 g/mol. The quantitative estimate of drug-likeness (QED) is 0.0345. The third kappa shape index (κ3) is 56.6. The van der Waals surface area contributed by atoms with Crippen molar-refractivity contribution in [2.75, 3.05) is 19.8 Å². The fourth-order valence-electron chi connectivity index (χ4n) is 7.45. The maximum Gasteiger partial charge on any atom is 0.306 e. The van der Waals surface area contributed by atoms with E-state index in [-0.39, 0.29) is 25.2 Å². The van der Waals surface area contributed by atoms with Crippen molar-refractivity contribution in [3.05, 3.63) is 134 Å². The van der Waals surface area contributed by atoms with Gasteiger partial charge in [0.2, 0.25) is 0 Å². The Balaban J connectivity index is 4.46. The molecule has 0 rings (SSSR count). The van der Waals surface area contributed by atoms with Gasteiger partial charge in [-0.1, -0.05) is 231 Å². The Bertz CT molecular complexity index is 1470. The molecule has 0 aromatic heterocycles. The highest BCUT2D eigenvalue weighted by atomic mass is 16.6. The molecule has 0 aromatic carbocycles. The maximum atomic E-state index is 12.8. The van der Waals surface area contributed by atoms with Gasteiger partial charge < -0.3 is 14.2 Å². The van der Waals surface area contributed by atoms with Crippen LogP contribution in [0.2, 0.25) is 0 Å². The number of allylic oxidation sites excluding steroid dienone is 22. The van der Waals surface area contributed by atoms with Crippen molar-refractivity contribution in [2.24, 2.45) is 0 Å². The van der Waals surface area contributed by atoms with Gasteiger partial charge in [0.1, 0.15) is 6.61 Å². The molecule has 0 aromatic rings. The minimum atomic E-state index is -0.600. The fraction of sp³-hybridized carbons (Fsp3) is 0.631. The molecule has 0 aliphatic rings. The van der Waals surface area contributed by atoms with E-state index in [0.29, 0.717) is 25.9 Å². The smallest absolute Gasteiger partial charge is 0.306 e. The molecule has 0 aliphatic carbocycles. The lowest BCUT2D eigenvalue weighted by Gasteiger charge is -2.18. The lowest BCUT2D eigenvalue weighted by Crippen LogP contribution is -2.30. The Kier molecular flexibility index (Phi) is 56.0. The minimum Gasteiger partial charge on any atom is -0.462 e. The summed E-state index contributed by atoms with van der Waals surface area (Å²) < 4.78 is 17.4. The second kappa shape index (κ2) is 59.3. The van der Waals surface area contributed by atoms with Crippen LogP contribution in [0, 0.1) is 0 Å². The van der Waals surface area contributed by atoms with Crippen LogP contribution in [-0.4, -0.2) is 37.9 Å². The Hall–Kier alpha value is -3.96. The van der Waals surface area contributed by atoms with Gasteiger partial charge in [0.15, 0.2) is 6.10 Å². The van der Waals surface area contributed by atoms with Crippen LogP contribution in [0.4, 0.5) is 0 Å². The number of carbonyl (C=O) groups is 2. The van der Waals surface area contributed by atoms with Crippen LogP contribution in [0.15, 0.2) is 134 Å². The number of unbranched alkanes of at least 4 members (excludes halogenated alkanes) is 18. The van der Waals surface area contributed by atoms with E-state index in [1.807, 2.05) is 0 Å². The van der Waals surface area contributed by atoms with Crippen LogP contribution in [0.5, 0.6) is 0 Å². The van der Waals surface area contributed by atoms with Gasteiger partial charge in [-0.05, 0) is 128 Å². The van der Waals surface area contributed by atoms with E-state index in [1.165, 1.54) is 89.9 Å². The zero-order chi connectivity index (χ0) is 50.6. The number of carbonyl (C=O) groups excluding carboxylic acids is 2. The summed E-state index contributed by atoms with van der Waals surface area (Å²) in [6.45, 7) is 7.43. The minimum absolute atomic E-state index is 0.0360. The van der Waals surface area contributed by atoms with Crippen LogP contribution < -0.4 is 0 Å². The third-order valence-corrected chi connectivity index (χ3v) is 11.7. The lowest BCUT2D eigenvalue weighted by atomic mass is 10.1. The van der Waals surface area contributed by atoms with Crippen molar-refractivity contribution in [3.63, 3.8) is 0 Å². The molecule has 0 spiro atoms. The summed E-state index contributed by atoms with van der Waals surface area (Å²) in [6.07, 6.45) is 84.9. The molecule has 0 saturated carbocycles. The SMILES string of the molecule is CC/C=C\C/C=C\C/C=C\C/C=C\C/C=C\CCCCOCC(COC(=O)CCCCCCCCCCC/C=C\CCCCCCCC)OC(=O)CCC/C=C\C/C=C\C/C=C\C/C=C\C/C=C\CC. The number of hydrogen-bond donors (Lipinski definition) is 0. The van der Waals surface area contributed by atoms with E-state index in [1.54, 1.807) is 0 Å². The van der Waals surface area contributed by atoms with E-state index >= 15 is 0 Å². The van der Waals surface area contributed by atoms with E-state index in [4.69, 9.17) is 14.2 Å². The Labute approximate surface area is 432 Å². The molecule has 0 fully saturated rings. The molecule has 5 heteroatoms. The van der Waals surface area contributed by atoms with Crippen molar-refractivity contribution in [1.29, 1.82) is 0 Å². The molecule has 396 valence electrons. The summed E-state index contributed by atoms with van der Waals surface area (Å²) >= 11 is 0. The first kappa shape index (κ1) is 66.0. The lowest BCUT2D eigenvalue weighted by molar-refractivity contribution is -0.162. The van der Waals surface area contributed by atoms with Gasteiger partial charge in [0.25, 0.3) is 0 Å². The van der Waals surface area contributed by atoms with Crippen molar-refractivity contribution < 1.29 is 23.8 Å². The zero-order valence-electron chi connectivity index (χ0n) is 45.5. The second-order valence-electron chi connectivity index (χ2n) is 18.4. The van der Waals surface area contributed by atoms with Crippen LogP contribution in [-0.2, 0) is 23.8 Å². The first-order valence-corrected chi connectivity index (χ1v) is 28.7. The van der Waals surface area contributed by atoms with Gasteiger partial charge in [-0.3, -0.25) is 9.59 Å². The molecule has 0 N–H and O–H groups in total. The van der Waals surface area contributed by atoms with Crippen molar-refractivity contribution in [1.82, 2.24) is 0 Å². The molecule has 0 aliphatic heterocycles. The van der Waals surface area contributed by atoms with Crippen LogP contribution >= 0.6 is 0 Å².